The number of rotatable bonds is 3. The SMILES string of the molecule is Cc1cc(C)c2c(N(C(=O)N3CCC(c4cc(C)no4)CC3)C3CCCNC3)nccc2c1. The molecular weight excluding hydrogens is 414 g/mol. The third kappa shape index (κ3) is 4.34. The minimum Gasteiger partial charge on any atom is -0.361 e. The largest absolute Gasteiger partial charge is 0.361 e. The van der Waals surface area contributed by atoms with Gasteiger partial charge in [-0.3, -0.25) is 4.90 Å². The molecule has 3 aromatic rings. The van der Waals surface area contributed by atoms with E-state index >= 15 is 0 Å². The van der Waals surface area contributed by atoms with Crippen molar-refractivity contribution in [3.8, 4) is 0 Å². The number of likely N-dealkylation sites (tertiary alicyclic amines) is 1. The van der Waals surface area contributed by atoms with E-state index in [2.05, 4.69) is 36.5 Å². The zero-order valence-electron chi connectivity index (χ0n) is 19.8. The van der Waals surface area contributed by atoms with Gasteiger partial charge in [-0.05, 0) is 70.0 Å². The van der Waals surface area contributed by atoms with E-state index in [1.807, 2.05) is 35.1 Å². The van der Waals surface area contributed by atoms with Crippen LogP contribution in [0.1, 0.15) is 54.2 Å². The third-order valence-corrected chi connectivity index (χ3v) is 7.07. The van der Waals surface area contributed by atoms with Crippen LogP contribution in [0.25, 0.3) is 10.8 Å². The number of piperidine rings is 2. The molecule has 4 heterocycles. The Morgan fingerprint density at radius 3 is 2.67 bits per heavy atom. The summed E-state index contributed by atoms with van der Waals surface area (Å²) in [4.78, 5) is 22.8. The first kappa shape index (κ1) is 21.9. The van der Waals surface area contributed by atoms with Gasteiger partial charge in [0.25, 0.3) is 0 Å². The maximum atomic E-state index is 14.0. The lowest BCUT2D eigenvalue weighted by molar-refractivity contribution is 0.178. The Morgan fingerprint density at radius 2 is 1.97 bits per heavy atom. The number of aryl methyl sites for hydroxylation is 3. The topological polar surface area (TPSA) is 74.5 Å². The Morgan fingerprint density at radius 1 is 1.15 bits per heavy atom. The van der Waals surface area contributed by atoms with E-state index in [9.17, 15) is 4.79 Å². The monoisotopic (exact) mass is 447 g/mol. The second kappa shape index (κ2) is 9.14. The molecule has 2 aliphatic rings. The van der Waals surface area contributed by atoms with Crippen LogP contribution in [-0.4, -0.2) is 53.3 Å². The minimum atomic E-state index is 0.0656. The molecule has 0 spiro atoms. The van der Waals surface area contributed by atoms with Gasteiger partial charge in [0.2, 0.25) is 0 Å². The lowest BCUT2D eigenvalue weighted by Gasteiger charge is -2.40. The Labute approximate surface area is 195 Å². The average Bonchev–Trinajstić information content (AvgIpc) is 3.26. The number of fused-ring (bicyclic) bond motifs is 1. The maximum absolute atomic E-state index is 14.0. The summed E-state index contributed by atoms with van der Waals surface area (Å²) >= 11 is 0. The van der Waals surface area contributed by atoms with Gasteiger partial charge >= 0.3 is 6.03 Å². The van der Waals surface area contributed by atoms with Crippen molar-refractivity contribution >= 4 is 22.6 Å². The molecule has 7 nitrogen and oxygen atoms in total. The number of pyridine rings is 1. The second-order valence-electron chi connectivity index (χ2n) is 9.60. The van der Waals surface area contributed by atoms with Crippen molar-refractivity contribution in [3.05, 3.63) is 53.0 Å². The average molecular weight is 448 g/mol. The van der Waals surface area contributed by atoms with Gasteiger partial charge in [0.05, 0.1) is 11.7 Å². The predicted molar refractivity (Wildman–Crippen MR) is 130 cm³/mol. The van der Waals surface area contributed by atoms with Crippen LogP contribution in [0.4, 0.5) is 10.6 Å². The molecule has 2 saturated heterocycles. The van der Waals surface area contributed by atoms with Gasteiger partial charge in [-0.25, -0.2) is 9.78 Å². The molecule has 1 unspecified atom stereocenters. The zero-order valence-corrected chi connectivity index (χ0v) is 19.8. The van der Waals surface area contributed by atoms with E-state index in [1.165, 1.54) is 5.56 Å². The molecule has 7 heteroatoms. The molecule has 2 aliphatic heterocycles. The normalized spacial score (nSPS) is 19.7. The van der Waals surface area contributed by atoms with E-state index in [1.54, 1.807) is 0 Å². The van der Waals surface area contributed by atoms with Crippen LogP contribution >= 0.6 is 0 Å². The summed E-state index contributed by atoms with van der Waals surface area (Å²) in [5.41, 5.74) is 3.29. The number of carbonyl (C=O) groups excluding carboxylic acids is 1. The van der Waals surface area contributed by atoms with E-state index in [0.717, 1.165) is 72.4 Å². The van der Waals surface area contributed by atoms with Crippen LogP contribution in [0, 0.1) is 20.8 Å². The molecule has 1 aromatic carbocycles. The van der Waals surface area contributed by atoms with E-state index in [0.29, 0.717) is 19.0 Å². The van der Waals surface area contributed by atoms with Crippen LogP contribution in [-0.2, 0) is 0 Å². The second-order valence-corrected chi connectivity index (χ2v) is 9.60. The highest BCUT2D eigenvalue weighted by molar-refractivity contribution is 6.03. The number of amides is 2. The number of hydrogen-bond donors (Lipinski definition) is 1. The summed E-state index contributed by atoms with van der Waals surface area (Å²) in [5.74, 6) is 2.05. The van der Waals surface area contributed by atoms with Gasteiger partial charge in [-0.2, -0.15) is 0 Å². The first-order valence-electron chi connectivity index (χ1n) is 12.1. The van der Waals surface area contributed by atoms with Crippen LogP contribution in [0.2, 0.25) is 0 Å². The summed E-state index contributed by atoms with van der Waals surface area (Å²) < 4.78 is 5.50. The molecule has 33 heavy (non-hydrogen) atoms. The van der Waals surface area contributed by atoms with E-state index in [4.69, 9.17) is 9.51 Å². The molecule has 0 aliphatic carbocycles. The molecule has 2 amide bonds. The van der Waals surface area contributed by atoms with Crippen LogP contribution in [0.15, 0.2) is 35.0 Å². The van der Waals surface area contributed by atoms with Crippen molar-refractivity contribution < 1.29 is 9.32 Å². The van der Waals surface area contributed by atoms with Gasteiger partial charge in [0.15, 0.2) is 0 Å². The number of carbonyl (C=O) groups is 1. The smallest absolute Gasteiger partial charge is 0.325 e. The van der Waals surface area contributed by atoms with Crippen LogP contribution in [0.5, 0.6) is 0 Å². The molecule has 0 radical (unpaired) electrons. The number of nitrogens with zero attached hydrogens (tertiary/aromatic N) is 4. The molecule has 2 fully saturated rings. The van der Waals surface area contributed by atoms with Crippen molar-refractivity contribution in [1.29, 1.82) is 0 Å². The molecule has 0 saturated carbocycles. The Bertz CT molecular complexity index is 1140. The van der Waals surface area contributed by atoms with Gasteiger partial charge in [-0.15, -0.1) is 0 Å². The predicted octanol–water partition coefficient (Wildman–Crippen LogP) is 4.71. The van der Waals surface area contributed by atoms with Crippen molar-refractivity contribution in [2.75, 3.05) is 31.1 Å². The Hall–Kier alpha value is -2.93. The molecule has 1 N–H and O–H groups in total. The Kier molecular flexibility index (Phi) is 6.06. The molecule has 5 rings (SSSR count). The minimum absolute atomic E-state index is 0.0656. The summed E-state index contributed by atoms with van der Waals surface area (Å²) in [7, 11) is 0. The molecule has 174 valence electrons. The molecule has 2 aromatic heterocycles. The summed E-state index contributed by atoms with van der Waals surface area (Å²) in [6.45, 7) is 9.39. The first-order chi connectivity index (χ1) is 16.0. The zero-order chi connectivity index (χ0) is 22.9. The fourth-order valence-electron chi connectivity index (χ4n) is 5.43. The van der Waals surface area contributed by atoms with Crippen molar-refractivity contribution in [1.82, 2.24) is 20.4 Å². The summed E-state index contributed by atoms with van der Waals surface area (Å²) in [5, 5.41) is 9.74. The van der Waals surface area contributed by atoms with Gasteiger partial charge in [0.1, 0.15) is 11.6 Å². The van der Waals surface area contributed by atoms with Crippen LogP contribution < -0.4 is 10.2 Å². The van der Waals surface area contributed by atoms with Crippen LogP contribution in [0.3, 0.4) is 0 Å². The first-order valence-corrected chi connectivity index (χ1v) is 12.1. The standard InChI is InChI=1S/C26H33N5O2/c1-17-13-18(2)24-21(14-17)6-10-28-25(24)31(22-5-4-9-27-16-22)26(32)30-11-7-20(8-12-30)23-15-19(3)29-33-23/h6,10,13-15,20,22,27H,4-5,7-9,11-12,16H2,1-3H3. The fraction of sp³-hybridized carbons (Fsp3) is 0.500. The Balaban J connectivity index is 1.45. The molecular formula is C26H33N5O2. The van der Waals surface area contributed by atoms with E-state index in [-0.39, 0.29) is 12.1 Å². The van der Waals surface area contributed by atoms with Crippen molar-refractivity contribution in [2.45, 2.75) is 58.4 Å². The number of urea groups is 1. The highest BCUT2D eigenvalue weighted by Gasteiger charge is 2.35. The van der Waals surface area contributed by atoms with Gasteiger partial charge < -0.3 is 14.7 Å². The highest BCUT2D eigenvalue weighted by atomic mass is 16.5. The number of aromatic nitrogens is 2. The number of nitrogens with one attached hydrogen (secondary N) is 1. The molecule has 0 bridgehead atoms. The lowest BCUT2D eigenvalue weighted by atomic mass is 9.94. The lowest BCUT2D eigenvalue weighted by Crippen LogP contribution is -2.55. The summed E-state index contributed by atoms with van der Waals surface area (Å²) in [6.07, 6.45) is 5.65. The fourth-order valence-corrected chi connectivity index (χ4v) is 5.43. The molecule has 1 atom stereocenters. The van der Waals surface area contributed by atoms with Gasteiger partial charge in [0, 0.05) is 43.2 Å². The van der Waals surface area contributed by atoms with Crippen molar-refractivity contribution in [2.24, 2.45) is 0 Å². The summed E-state index contributed by atoms with van der Waals surface area (Å²) in [6, 6.07) is 8.59. The number of benzene rings is 1. The maximum Gasteiger partial charge on any atom is 0.325 e. The van der Waals surface area contributed by atoms with E-state index < -0.39 is 0 Å². The van der Waals surface area contributed by atoms with Crippen molar-refractivity contribution in [3.63, 3.8) is 0 Å². The van der Waals surface area contributed by atoms with Gasteiger partial charge in [-0.1, -0.05) is 22.9 Å². The number of anilines is 1. The quantitative estimate of drug-likeness (QED) is 0.630. The number of hydrogen-bond acceptors (Lipinski definition) is 5. The highest BCUT2D eigenvalue weighted by Crippen LogP contribution is 2.34. The third-order valence-electron chi connectivity index (χ3n) is 7.07.